The van der Waals surface area contributed by atoms with E-state index in [9.17, 15) is 4.79 Å². The van der Waals surface area contributed by atoms with E-state index in [4.69, 9.17) is 5.11 Å². The highest BCUT2D eigenvalue weighted by Crippen LogP contribution is 2.15. The average molecular weight is 233 g/mol. The molecule has 0 spiro atoms. The molecule has 0 aliphatic carbocycles. The lowest BCUT2D eigenvalue weighted by Crippen LogP contribution is -1.95. The molecule has 0 unspecified atom stereocenters. The lowest BCUT2D eigenvalue weighted by atomic mass is 10.4. The summed E-state index contributed by atoms with van der Waals surface area (Å²) in [6, 6.07) is 0. The first-order chi connectivity index (χ1) is 8.13. The van der Waals surface area contributed by atoms with Crippen molar-refractivity contribution in [3.63, 3.8) is 0 Å². The summed E-state index contributed by atoms with van der Waals surface area (Å²) in [5.41, 5.74) is 1.42. The van der Waals surface area contributed by atoms with E-state index in [0.717, 1.165) is 5.69 Å². The summed E-state index contributed by atoms with van der Waals surface area (Å²) >= 11 is 0. The number of aromatic carboxylic acids is 1. The molecule has 3 rings (SSSR count). The van der Waals surface area contributed by atoms with Gasteiger partial charge in [0.2, 0.25) is 11.6 Å². The number of nitrogens with one attached hydrogen (secondary N) is 1. The van der Waals surface area contributed by atoms with Gasteiger partial charge in [0.05, 0.1) is 0 Å². The van der Waals surface area contributed by atoms with Gasteiger partial charge in [0.15, 0.2) is 0 Å². The first kappa shape index (κ1) is 9.58. The van der Waals surface area contributed by atoms with Crippen molar-refractivity contribution in [3.8, 4) is 11.5 Å². The van der Waals surface area contributed by atoms with E-state index in [1.54, 1.807) is 10.6 Å². The zero-order valence-electron chi connectivity index (χ0n) is 8.71. The lowest BCUT2D eigenvalue weighted by Gasteiger charge is -1.82. The summed E-state index contributed by atoms with van der Waals surface area (Å²) in [6.07, 6.45) is 3.54. The largest absolute Gasteiger partial charge is 0.474 e. The number of aromatic nitrogens is 5. The highest BCUT2D eigenvalue weighted by molar-refractivity contribution is 5.82. The Bertz CT molecular complexity index is 676. The Balaban J connectivity index is 2.07. The first-order valence-corrected chi connectivity index (χ1v) is 4.75. The van der Waals surface area contributed by atoms with Crippen LogP contribution in [0.3, 0.4) is 0 Å². The Hall–Kier alpha value is -2.64. The van der Waals surface area contributed by atoms with Crippen LogP contribution in [0.1, 0.15) is 16.4 Å². The van der Waals surface area contributed by atoms with Gasteiger partial charge < -0.3 is 14.6 Å². The smallest absolute Gasteiger partial charge is 0.394 e. The minimum absolute atomic E-state index is 0.150. The van der Waals surface area contributed by atoms with Crippen molar-refractivity contribution < 1.29 is 14.4 Å². The van der Waals surface area contributed by atoms with Crippen molar-refractivity contribution in [1.29, 1.82) is 0 Å². The third-order valence-electron chi connectivity index (χ3n) is 2.21. The van der Waals surface area contributed by atoms with Crippen molar-refractivity contribution in [2.45, 2.75) is 6.92 Å². The summed E-state index contributed by atoms with van der Waals surface area (Å²) in [6.45, 7) is 1.91. The fraction of sp³-hybridized carbons (Fsp3) is 0.111. The normalized spacial score (nSPS) is 11.1. The van der Waals surface area contributed by atoms with Crippen LogP contribution in [0.5, 0.6) is 0 Å². The zero-order valence-corrected chi connectivity index (χ0v) is 8.71. The van der Waals surface area contributed by atoms with Gasteiger partial charge in [-0.3, -0.25) is 4.40 Å². The second-order valence-corrected chi connectivity index (χ2v) is 3.52. The number of fused-ring (bicyclic) bond motifs is 1. The lowest BCUT2D eigenvalue weighted by molar-refractivity contribution is 0.0643. The molecule has 0 aromatic carbocycles. The van der Waals surface area contributed by atoms with Gasteiger partial charge in [-0.1, -0.05) is 5.16 Å². The third-order valence-corrected chi connectivity index (χ3v) is 2.21. The molecule has 2 N–H and O–H groups in total. The van der Waals surface area contributed by atoms with Crippen LogP contribution in [0.4, 0.5) is 0 Å². The Morgan fingerprint density at radius 3 is 2.94 bits per heavy atom. The van der Waals surface area contributed by atoms with Crippen LogP contribution in [-0.4, -0.2) is 35.6 Å². The Labute approximate surface area is 93.9 Å². The number of hydrogen-bond donors (Lipinski definition) is 2. The molecule has 3 aromatic heterocycles. The molecule has 8 heteroatoms. The summed E-state index contributed by atoms with van der Waals surface area (Å²) in [5, 5.41) is 12.2. The van der Waals surface area contributed by atoms with E-state index in [-0.39, 0.29) is 5.82 Å². The van der Waals surface area contributed by atoms with Gasteiger partial charge in [-0.25, -0.2) is 9.78 Å². The SMILES string of the molecule is Cc1cn2cc(-c3noc(C(=O)O)n3)nc2[nH]1. The van der Waals surface area contributed by atoms with E-state index in [0.29, 0.717) is 11.5 Å². The number of hydrogen-bond acceptors (Lipinski definition) is 5. The average Bonchev–Trinajstić information content (AvgIpc) is 2.87. The number of carboxylic acid groups (broad SMARTS) is 1. The molecule has 3 aromatic rings. The summed E-state index contributed by atoms with van der Waals surface area (Å²) in [5.74, 6) is -0.923. The minimum Gasteiger partial charge on any atom is -0.474 e. The van der Waals surface area contributed by atoms with Gasteiger partial charge in [0.25, 0.3) is 0 Å². The highest BCUT2D eigenvalue weighted by Gasteiger charge is 2.16. The molecule has 0 saturated heterocycles. The second-order valence-electron chi connectivity index (χ2n) is 3.52. The molecule has 0 fully saturated rings. The number of rotatable bonds is 2. The second kappa shape index (κ2) is 3.17. The van der Waals surface area contributed by atoms with Gasteiger partial charge in [-0.15, -0.1) is 0 Å². The molecule has 8 nitrogen and oxygen atoms in total. The van der Waals surface area contributed by atoms with Crippen LogP contribution in [0, 0.1) is 6.92 Å². The summed E-state index contributed by atoms with van der Waals surface area (Å²) in [7, 11) is 0. The fourth-order valence-corrected chi connectivity index (χ4v) is 1.52. The molecule has 3 heterocycles. The fourth-order valence-electron chi connectivity index (χ4n) is 1.52. The number of carboxylic acids is 1. The maximum absolute atomic E-state index is 10.6. The molecular formula is C9H7N5O3. The van der Waals surface area contributed by atoms with Gasteiger partial charge in [-0.2, -0.15) is 4.98 Å². The van der Waals surface area contributed by atoms with Crippen LogP contribution in [0.15, 0.2) is 16.9 Å². The third kappa shape index (κ3) is 1.46. The molecule has 0 amide bonds. The monoisotopic (exact) mass is 233 g/mol. The number of carbonyl (C=O) groups is 1. The number of H-pyrrole nitrogens is 1. The highest BCUT2D eigenvalue weighted by atomic mass is 16.5. The maximum Gasteiger partial charge on any atom is 0.394 e. The van der Waals surface area contributed by atoms with Gasteiger partial charge in [0.1, 0.15) is 5.69 Å². The predicted octanol–water partition coefficient (Wildman–Crippen LogP) is 0.719. The van der Waals surface area contributed by atoms with Crippen LogP contribution in [-0.2, 0) is 0 Å². The van der Waals surface area contributed by atoms with E-state index in [1.807, 2.05) is 13.1 Å². The number of imidazole rings is 2. The molecule has 0 aliphatic heterocycles. The summed E-state index contributed by atoms with van der Waals surface area (Å²) < 4.78 is 6.32. The number of nitrogens with zero attached hydrogens (tertiary/aromatic N) is 4. The number of aromatic amines is 1. The van der Waals surface area contributed by atoms with Gasteiger partial charge >= 0.3 is 11.9 Å². The van der Waals surface area contributed by atoms with Crippen LogP contribution in [0.25, 0.3) is 17.3 Å². The quantitative estimate of drug-likeness (QED) is 0.674. The molecule has 0 bridgehead atoms. The van der Waals surface area contributed by atoms with Crippen LogP contribution >= 0.6 is 0 Å². The van der Waals surface area contributed by atoms with Crippen LogP contribution in [0.2, 0.25) is 0 Å². The summed E-state index contributed by atoms with van der Waals surface area (Å²) in [4.78, 5) is 21.5. The Morgan fingerprint density at radius 1 is 1.47 bits per heavy atom. The topological polar surface area (TPSA) is 109 Å². The molecule has 0 radical (unpaired) electrons. The predicted molar refractivity (Wildman–Crippen MR) is 54.5 cm³/mol. The van der Waals surface area contributed by atoms with Crippen molar-refractivity contribution in [2.24, 2.45) is 0 Å². The van der Waals surface area contributed by atoms with E-state index >= 15 is 0 Å². The molecule has 17 heavy (non-hydrogen) atoms. The molecule has 0 saturated carbocycles. The molecule has 0 atom stereocenters. The van der Waals surface area contributed by atoms with E-state index < -0.39 is 11.9 Å². The minimum atomic E-state index is -1.26. The van der Waals surface area contributed by atoms with Gasteiger partial charge in [-0.05, 0) is 6.92 Å². The van der Waals surface area contributed by atoms with Crippen molar-refractivity contribution >= 4 is 11.7 Å². The standard InChI is InChI=1S/C9H7N5O3/c1-4-2-14-3-5(11-9(14)10-4)6-12-7(8(15)16)17-13-6/h2-3H,1H3,(H,10,11)(H,15,16). The van der Waals surface area contributed by atoms with Crippen molar-refractivity contribution in [2.75, 3.05) is 0 Å². The van der Waals surface area contributed by atoms with Crippen molar-refractivity contribution in [1.82, 2.24) is 24.5 Å². The van der Waals surface area contributed by atoms with Gasteiger partial charge in [0, 0.05) is 18.1 Å². The van der Waals surface area contributed by atoms with E-state index in [2.05, 4.69) is 24.6 Å². The Kier molecular flexibility index (Phi) is 1.79. The van der Waals surface area contributed by atoms with Crippen LogP contribution < -0.4 is 0 Å². The molecule has 86 valence electrons. The molecular weight excluding hydrogens is 226 g/mol. The first-order valence-electron chi connectivity index (χ1n) is 4.75. The van der Waals surface area contributed by atoms with Crippen molar-refractivity contribution in [3.05, 3.63) is 24.0 Å². The van der Waals surface area contributed by atoms with E-state index in [1.165, 1.54) is 0 Å². The Morgan fingerprint density at radius 2 is 2.29 bits per heavy atom. The zero-order chi connectivity index (χ0) is 12.0. The number of aryl methyl sites for hydroxylation is 1. The molecule has 0 aliphatic rings. The maximum atomic E-state index is 10.6.